The van der Waals surface area contributed by atoms with Gasteiger partial charge in [0.2, 0.25) is 0 Å². The van der Waals surface area contributed by atoms with E-state index < -0.39 is 0 Å². The number of thiazole rings is 2. The predicted octanol–water partition coefficient (Wildman–Crippen LogP) is 10.7. The fourth-order valence-electron chi connectivity index (χ4n) is 4.75. The van der Waals surface area contributed by atoms with Crippen molar-refractivity contribution in [3.05, 3.63) is 149 Å². The van der Waals surface area contributed by atoms with Gasteiger partial charge in [-0.1, -0.05) is 78.9 Å². The van der Waals surface area contributed by atoms with Crippen LogP contribution in [-0.2, 0) is 0 Å². The van der Waals surface area contributed by atoms with Gasteiger partial charge in [-0.15, -0.1) is 22.7 Å². The van der Waals surface area contributed by atoms with Crippen LogP contribution < -0.4 is 4.90 Å². The van der Waals surface area contributed by atoms with Crippen LogP contribution in [0.15, 0.2) is 127 Å². The van der Waals surface area contributed by atoms with Gasteiger partial charge in [-0.05, 0) is 83.9 Å². The van der Waals surface area contributed by atoms with Crippen molar-refractivity contribution >= 4 is 84.5 Å². The maximum Gasteiger partial charge on any atom is 0.117 e. The molecule has 7 aromatic rings. The third kappa shape index (κ3) is 5.59. The standard InChI is InChI=1S/C36H25N3S2/c1-2-8-28(9-3-1)39(29-20-14-26(15-21-29)18-24-35-37-31-10-4-6-12-33(31)40-35)30-22-16-27(17-23-30)19-25-36-38-32-11-5-7-13-34(32)41-36/h1-25H/b24-18+,25-19+. The average Bonchev–Trinajstić information content (AvgIpc) is 3.65. The summed E-state index contributed by atoms with van der Waals surface area (Å²) < 4.78 is 2.42. The van der Waals surface area contributed by atoms with Crippen molar-refractivity contribution in [3.8, 4) is 0 Å². The second-order valence-corrected chi connectivity index (χ2v) is 11.7. The number of hydrogen-bond donors (Lipinski definition) is 0. The molecule has 2 heterocycles. The van der Waals surface area contributed by atoms with Crippen LogP contribution in [0.3, 0.4) is 0 Å². The summed E-state index contributed by atoms with van der Waals surface area (Å²) in [6.07, 6.45) is 8.44. The molecule has 0 fully saturated rings. The maximum absolute atomic E-state index is 4.72. The van der Waals surface area contributed by atoms with E-state index in [-0.39, 0.29) is 0 Å². The summed E-state index contributed by atoms with van der Waals surface area (Å²) in [5, 5.41) is 2.02. The Balaban J connectivity index is 1.13. The lowest BCUT2D eigenvalue weighted by Crippen LogP contribution is -2.09. The van der Waals surface area contributed by atoms with Crippen molar-refractivity contribution < 1.29 is 0 Å². The fourth-order valence-corrected chi connectivity index (χ4v) is 6.49. The van der Waals surface area contributed by atoms with Crippen molar-refractivity contribution in [1.29, 1.82) is 0 Å². The molecule has 0 bridgehead atoms. The second kappa shape index (κ2) is 11.3. The molecule has 0 aliphatic rings. The number of para-hydroxylation sites is 3. The monoisotopic (exact) mass is 563 g/mol. The molecule has 0 saturated carbocycles. The summed E-state index contributed by atoms with van der Waals surface area (Å²) in [4.78, 5) is 11.7. The van der Waals surface area contributed by atoms with E-state index in [0.717, 1.165) is 49.2 Å². The van der Waals surface area contributed by atoms with Crippen LogP contribution in [0.5, 0.6) is 0 Å². The average molecular weight is 564 g/mol. The summed E-state index contributed by atoms with van der Waals surface area (Å²) in [7, 11) is 0. The minimum atomic E-state index is 1.01. The van der Waals surface area contributed by atoms with Gasteiger partial charge in [0.05, 0.1) is 20.4 Å². The predicted molar refractivity (Wildman–Crippen MR) is 178 cm³/mol. The number of benzene rings is 5. The van der Waals surface area contributed by atoms with Crippen LogP contribution in [-0.4, -0.2) is 9.97 Å². The summed E-state index contributed by atoms with van der Waals surface area (Å²) in [5.41, 5.74) is 7.68. The van der Waals surface area contributed by atoms with Gasteiger partial charge in [0.25, 0.3) is 0 Å². The van der Waals surface area contributed by atoms with E-state index in [2.05, 4.69) is 138 Å². The van der Waals surface area contributed by atoms with Crippen molar-refractivity contribution in [2.24, 2.45) is 0 Å². The Kier molecular flexibility index (Phi) is 6.95. The molecular formula is C36H25N3S2. The van der Waals surface area contributed by atoms with Crippen LogP contribution in [0, 0.1) is 0 Å². The van der Waals surface area contributed by atoms with E-state index in [1.807, 2.05) is 18.2 Å². The zero-order valence-electron chi connectivity index (χ0n) is 22.1. The zero-order chi connectivity index (χ0) is 27.4. The van der Waals surface area contributed by atoms with E-state index in [1.165, 1.54) is 9.40 Å². The lowest BCUT2D eigenvalue weighted by atomic mass is 10.1. The SMILES string of the molecule is C(=C\c1nc2ccccc2s1)/c1ccc(N(c2ccccc2)c2ccc(/C=C/c3nc4ccccc4s3)cc2)cc1. The molecule has 41 heavy (non-hydrogen) atoms. The van der Waals surface area contributed by atoms with Crippen molar-refractivity contribution in [3.63, 3.8) is 0 Å². The highest BCUT2D eigenvalue weighted by molar-refractivity contribution is 7.19. The molecule has 3 nitrogen and oxygen atoms in total. The molecule has 0 amide bonds. The summed E-state index contributed by atoms with van der Waals surface area (Å²) in [6, 6.07) is 44.3. The van der Waals surface area contributed by atoms with E-state index in [0.29, 0.717) is 0 Å². The third-order valence-corrected chi connectivity index (χ3v) is 8.78. The van der Waals surface area contributed by atoms with Crippen molar-refractivity contribution in [2.45, 2.75) is 0 Å². The number of aromatic nitrogens is 2. The summed E-state index contributed by atoms with van der Waals surface area (Å²) >= 11 is 3.42. The number of anilines is 3. The van der Waals surface area contributed by atoms with Crippen LogP contribution in [0.1, 0.15) is 21.1 Å². The number of hydrogen-bond acceptors (Lipinski definition) is 5. The number of nitrogens with zero attached hydrogens (tertiary/aromatic N) is 3. The fraction of sp³-hybridized carbons (Fsp3) is 0. The van der Waals surface area contributed by atoms with Crippen LogP contribution in [0.2, 0.25) is 0 Å². The minimum Gasteiger partial charge on any atom is -0.311 e. The van der Waals surface area contributed by atoms with Crippen LogP contribution >= 0.6 is 22.7 Å². The molecule has 0 aliphatic carbocycles. The molecular weight excluding hydrogens is 539 g/mol. The largest absolute Gasteiger partial charge is 0.311 e. The van der Waals surface area contributed by atoms with Gasteiger partial charge in [0.1, 0.15) is 10.0 Å². The molecule has 5 aromatic carbocycles. The lowest BCUT2D eigenvalue weighted by Gasteiger charge is -2.25. The van der Waals surface area contributed by atoms with E-state index in [4.69, 9.17) is 9.97 Å². The highest BCUT2D eigenvalue weighted by Gasteiger charge is 2.12. The van der Waals surface area contributed by atoms with Crippen LogP contribution in [0.25, 0.3) is 44.7 Å². The number of fused-ring (bicyclic) bond motifs is 2. The Morgan fingerprint density at radius 2 is 0.829 bits per heavy atom. The molecule has 0 aliphatic heterocycles. The van der Waals surface area contributed by atoms with Gasteiger partial charge in [-0.2, -0.15) is 0 Å². The molecule has 0 unspecified atom stereocenters. The van der Waals surface area contributed by atoms with Crippen molar-refractivity contribution in [1.82, 2.24) is 9.97 Å². The number of rotatable bonds is 7. The highest BCUT2D eigenvalue weighted by Crippen LogP contribution is 2.35. The second-order valence-electron chi connectivity index (χ2n) is 9.56. The Labute approximate surface area is 247 Å². The molecule has 0 N–H and O–H groups in total. The van der Waals surface area contributed by atoms with Gasteiger partial charge >= 0.3 is 0 Å². The molecule has 196 valence electrons. The molecule has 5 heteroatoms. The van der Waals surface area contributed by atoms with E-state index in [9.17, 15) is 0 Å². The smallest absolute Gasteiger partial charge is 0.117 e. The molecule has 0 spiro atoms. The normalized spacial score (nSPS) is 11.7. The summed E-state index contributed by atoms with van der Waals surface area (Å²) in [5.74, 6) is 0. The highest BCUT2D eigenvalue weighted by atomic mass is 32.1. The van der Waals surface area contributed by atoms with E-state index in [1.54, 1.807) is 22.7 Å². The zero-order valence-corrected chi connectivity index (χ0v) is 23.7. The van der Waals surface area contributed by atoms with Crippen LogP contribution in [0.4, 0.5) is 17.1 Å². The topological polar surface area (TPSA) is 29.0 Å². The molecule has 2 aromatic heterocycles. The van der Waals surface area contributed by atoms with Gasteiger partial charge in [-0.25, -0.2) is 9.97 Å². The van der Waals surface area contributed by atoms with Gasteiger partial charge in [0, 0.05) is 17.1 Å². The van der Waals surface area contributed by atoms with Crippen molar-refractivity contribution in [2.75, 3.05) is 4.90 Å². The first-order chi connectivity index (χ1) is 20.3. The first-order valence-corrected chi connectivity index (χ1v) is 15.0. The van der Waals surface area contributed by atoms with Gasteiger partial charge in [-0.3, -0.25) is 0 Å². The Morgan fingerprint density at radius 3 is 1.29 bits per heavy atom. The van der Waals surface area contributed by atoms with Gasteiger partial charge < -0.3 is 4.90 Å². The first kappa shape index (κ1) is 25.1. The minimum absolute atomic E-state index is 1.01. The summed E-state index contributed by atoms with van der Waals surface area (Å²) in [6.45, 7) is 0. The quantitative estimate of drug-likeness (QED) is 0.193. The lowest BCUT2D eigenvalue weighted by molar-refractivity contribution is 1.28. The third-order valence-electron chi connectivity index (χ3n) is 6.77. The molecule has 0 radical (unpaired) electrons. The Morgan fingerprint density at radius 1 is 0.415 bits per heavy atom. The molecule has 7 rings (SSSR count). The first-order valence-electron chi connectivity index (χ1n) is 13.4. The molecule has 0 saturated heterocycles. The Bertz CT molecular complexity index is 1790. The Hall–Kier alpha value is -4.84. The maximum atomic E-state index is 4.72. The van der Waals surface area contributed by atoms with Gasteiger partial charge in [0.15, 0.2) is 0 Å². The molecule has 0 atom stereocenters. The van der Waals surface area contributed by atoms with E-state index >= 15 is 0 Å².